The molecule has 2 N–H and O–H groups in total. The first-order valence-electron chi connectivity index (χ1n) is 6.89. The van der Waals surface area contributed by atoms with E-state index in [4.69, 9.17) is 17.3 Å². The first kappa shape index (κ1) is 15.4. The van der Waals surface area contributed by atoms with E-state index in [1.54, 1.807) is 11.3 Å². The van der Waals surface area contributed by atoms with Gasteiger partial charge in [-0.1, -0.05) is 17.7 Å². The number of nitrogens with two attached hydrogens (primary N) is 1. The standard InChI is InChI=1S/C16H21ClN2S/c1-12(2)19(11-15-4-3-9-20-15)16-6-5-14(17)10-13(16)7-8-18/h3-6,9-10,12H,7-8,11,18H2,1-2H3. The highest BCUT2D eigenvalue weighted by Crippen LogP contribution is 2.28. The van der Waals surface area contributed by atoms with Crippen molar-refractivity contribution in [3.63, 3.8) is 0 Å². The molecule has 0 spiro atoms. The summed E-state index contributed by atoms with van der Waals surface area (Å²) >= 11 is 7.92. The fourth-order valence-electron chi connectivity index (χ4n) is 2.31. The molecule has 0 aliphatic rings. The summed E-state index contributed by atoms with van der Waals surface area (Å²) in [4.78, 5) is 3.78. The average molecular weight is 309 g/mol. The van der Waals surface area contributed by atoms with Gasteiger partial charge in [0.2, 0.25) is 0 Å². The molecule has 2 aromatic rings. The number of anilines is 1. The fourth-order valence-corrected chi connectivity index (χ4v) is 3.20. The number of nitrogens with zero attached hydrogens (tertiary/aromatic N) is 1. The monoisotopic (exact) mass is 308 g/mol. The molecule has 4 heteroatoms. The van der Waals surface area contributed by atoms with Crippen LogP contribution in [0.1, 0.15) is 24.3 Å². The molecule has 0 aliphatic carbocycles. The highest BCUT2D eigenvalue weighted by atomic mass is 35.5. The van der Waals surface area contributed by atoms with Gasteiger partial charge < -0.3 is 10.6 Å². The number of benzene rings is 1. The van der Waals surface area contributed by atoms with E-state index in [9.17, 15) is 0 Å². The molecule has 108 valence electrons. The van der Waals surface area contributed by atoms with Gasteiger partial charge in [-0.3, -0.25) is 0 Å². The van der Waals surface area contributed by atoms with Crippen molar-refractivity contribution in [1.29, 1.82) is 0 Å². The maximum atomic E-state index is 6.12. The van der Waals surface area contributed by atoms with Gasteiger partial charge in [0.15, 0.2) is 0 Å². The van der Waals surface area contributed by atoms with Crippen molar-refractivity contribution < 1.29 is 0 Å². The summed E-state index contributed by atoms with van der Waals surface area (Å²) < 4.78 is 0. The first-order valence-corrected chi connectivity index (χ1v) is 8.15. The minimum Gasteiger partial charge on any atom is -0.364 e. The molecule has 2 rings (SSSR count). The van der Waals surface area contributed by atoms with Crippen LogP contribution in [0.2, 0.25) is 5.02 Å². The Hall–Kier alpha value is -1.03. The van der Waals surface area contributed by atoms with Crippen molar-refractivity contribution >= 4 is 28.6 Å². The van der Waals surface area contributed by atoms with E-state index in [1.807, 2.05) is 12.1 Å². The predicted molar refractivity (Wildman–Crippen MR) is 89.8 cm³/mol. The molecule has 1 aromatic carbocycles. The van der Waals surface area contributed by atoms with Crippen LogP contribution in [0.3, 0.4) is 0 Å². The zero-order valence-corrected chi connectivity index (χ0v) is 13.5. The third kappa shape index (κ3) is 3.75. The van der Waals surface area contributed by atoms with Crippen molar-refractivity contribution in [1.82, 2.24) is 0 Å². The SMILES string of the molecule is CC(C)N(Cc1cccs1)c1ccc(Cl)cc1CCN. The van der Waals surface area contributed by atoms with E-state index in [1.165, 1.54) is 16.1 Å². The molecule has 1 heterocycles. The molecule has 0 radical (unpaired) electrons. The van der Waals surface area contributed by atoms with E-state index in [0.29, 0.717) is 12.6 Å². The largest absolute Gasteiger partial charge is 0.364 e. The zero-order valence-electron chi connectivity index (χ0n) is 12.0. The van der Waals surface area contributed by atoms with Gasteiger partial charge in [0.1, 0.15) is 0 Å². The average Bonchev–Trinajstić information content (AvgIpc) is 2.90. The highest BCUT2D eigenvalue weighted by molar-refractivity contribution is 7.09. The normalized spacial score (nSPS) is 11.1. The Morgan fingerprint density at radius 3 is 2.70 bits per heavy atom. The first-order chi connectivity index (χ1) is 9.61. The molecule has 0 saturated carbocycles. The van der Waals surface area contributed by atoms with E-state index in [-0.39, 0.29) is 0 Å². The van der Waals surface area contributed by atoms with Gasteiger partial charge in [-0.05, 0) is 62.0 Å². The highest BCUT2D eigenvalue weighted by Gasteiger charge is 2.15. The third-order valence-electron chi connectivity index (χ3n) is 3.29. The molecule has 0 unspecified atom stereocenters. The molecule has 0 atom stereocenters. The summed E-state index contributed by atoms with van der Waals surface area (Å²) in [5.74, 6) is 0. The molecule has 20 heavy (non-hydrogen) atoms. The van der Waals surface area contributed by atoms with Gasteiger partial charge in [-0.25, -0.2) is 0 Å². The van der Waals surface area contributed by atoms with E-state index < -0.39 is 0 Å². The Bertz CT molecular complexity index is 537. The summed E-state index contributed by atoms with van der Waals surface area (Å²) in [7, 11) is 0. The van der Waals surface area contributed by atoms with Crippen molar-refractivity contribution in [3.05, 3.63) is 51.2 Å². The summed E-state index contributed by atoms with van der Waals surface area (Å²) in [5.41, 5.74) is 8.20. The summed E-state index contributed by atoms with van der Waals surface area (Å²) in [6.45, 7) is 6.00. The Kier molecular flexibility index (Phi) is 5.46. The number of rotatable bonds is 6. The number of halogens is 1. The van der Waals surface area contributed by atoms with Gasteiger partial charge in [0.25, 0.3) is 0 Å². The van der Waals surface area contributed by atoms with Crippen LogP contribution in [-0.4, -0.2) is 12.6 Å². The van der Waals surface area contributed by atoms with Crippen molar-refractivity contribution in [3.8, 4) is 0 Å². The van der Waals surface area contributed by atoms with Crippen LogP contribution in [0, 0.1) is 0 Å². The topological polar surface area (TPSA) is 29.3 Å². The van der Waals surface area contributed by atoms with Crippen LogP contribution in [0.4, 0.5) is 5.69 Å². The number of hydrogen-bond donors (Lipinski definition) is 1. The summed E-state index contributed by atoms with van der Waals surface area (Å²) in [6, 6.07) is 10.8. The molecule has 0 fully saturated rings. The lowest BCUT2D eigenvalue weighted by Crippen LogP contribution is -2.31. The Balaban J connectivity index is 2.33. The lowest BCUT2D eigenvalue weighted by Gasteiger charge is -2.30. The van der Waals surface area contributed by atoms with Crippen molar-refractivity contribution in [2.75, 3.05) is 11.4 Å². The quantitative estimate of drug-likeness (QED) is 0.861. The van der Waals surface area contributed by atoms with Crippen LogP contribution >= 0.6 is 22.9 Å². The van der Waals surface area contributed by atoms with E-state index >= 15 is 0 Å². The molecule has 1 aromatic heterocycles. The van der Waals surface area contributed by atoms with Crippen LogP contribution in [0.25, 0.3) is 0 Å². The van der Waals surface area contributed by atoms with Gasteiger partial charge in [0, 0.05) is 21.6 Å². The molecule has 0 bridgehead atoms. The van der Waals surface area contributed by atoms with Crippen LogP contribution in [0.5, 0.6) is 0 Å². The molecular formula is C16H21ClN2S. The van der Waals surface area contributed by atoms with Gasteiger partial charge >= 0.3 is 0 Å². The van der Waals surface area contributed by atoms with Gasteiger partial charge in [0.05, 0.1) is 6.54 Å². The van der Waals surface area contributed by atoms with E-state index in [0.717, 1.165) is 18.0 Å². The Morgan fingerprint density at radius 1 is 1.30 bits per heavy atom. The second-order valence-corrected chi connectivity index (χ2v) is 6.58. The molecule has 0 amide bonds. The molecule has 0 saturated heterocycles. The Morgan fingerprint density at radius 2 is 2.10 bits per heavy atom. The lowest BCUT2D eigenvalue weighted by molar-refractivity contribution is 0.682. The van der Waals surface area contributed by atoms with Crippen molar-refractivity contribution in [2.24, 2.45) is 5.73 Å². The summed E-state index contributed by atoms with van der Waals surface area (Å²) in [6.07, 6.45) is 0.851. The zero-order chi connectivity index (χ0) is 14.5. The molecular weight excluding hydrogens is 288 g/mol. The second kappa shape index (κ2) is 7.11. The third-order valence-corrected chi connectivity index (χ3v) is 4.39. The lowest BCUT2D eigenvalue weighted by atomic mass is 10.1. The minimum absolute atomic E-state index is 0.426. The van der Waals surface area contributed by atoms with Crippen LogP contribution in [0.15, 0.2) is 35.7 Å². The fraction of sp³-hybridized carbons (Fsp3) is 0.375. The minimum atomic E-state index is 0.426. The second-order valence-electron chi connectivity index (χ2n) is 5.11. The molecule has 0 aliphatic heterocycles. The van der Waals surface area contributed by atoms with E-state index in [2.05, 4.69) is 42.3 Å². The number of hydrogen-bond acceptors (Lipinski definition) is 3. The Labute approximate surface area is 130 Å². The van der Waals surface area contributed by atoms with Crippen LogP contribution < -0.4 is 10.6 Å². The van der Waals surface area contributed by atoms with Crippen molar-refractivity contribution in [2.45, 2.75) is 32.9 Å². The van der Waals surface area contributed by atoms with Crippen LogP contribution in [-0.2, 0) is 13.0 Å². The van der Waals surface area contributed by atoms with Gasteiger partial charge in [-0.15, -0.1) is 11.3 Å². The smallest absolute Gasteiger partial charge is 0.0525 e. The maximum Gasteiger partial charge on any atom is 0.0525 e. The molecule has 2 nitrogen and oxygen atoms in total. The number of thiophene rings is 1. The summed E-state index contributed by atoms with van der Waals surface area (Å²) in [5, 5.41) is 2.90. The van der Waals surface area contributed by atoms with Gasteiger partial charge in [-0.2, -0.15) is 0 Å². The maximum absolute atomic E-state index is 6.12. The predicted octanol–water partition coefficient (Wildman–Crippen LogP) is 4.32.